The van der Waals surface area contributed by atoms with Crippen molar-refractivity contribution >= 4 is 5.69 Å². The monoisotopic (exact) mass is 273 g/mol. The third-order valence-electron chi connectivity index (χ3n) is 3.03. The summed E-state index contributed by atoms with van der Waals surface area (Å²) in [6, 6.07) is 0. The summed E-state index contributed by atoms with van der Waals surface area (Å²) in [6.45, 7) is -0.494. The molecule has 0 aliphatic carbocycles. The molecule has 4 atom stereocenters. The minimum absolute atomic E-state index is 0.109. The van der Waals surface area contributed by atoms with Crippen LogP contribution in [0.5, 0.6) is 0 Å². The van der Waals surface area contributed by atoms with Gasteiger partial charge in [0.1, 0.15) is 24.0 Å². The molecular formula is C10H15N3O6. The predicted octanol–water partition coefficient (Wildman–Crippen LogP) is -2.81. The Bertz CT molecular complexity index is 567. The smallest absolute Gasteiger partial charge is 0.330 e. The van der Waals surface area contributed by atoms with Crippen molar-refractivity contribution in [2.45, 2.75) is 24.5 Å². The Hall–Kier alpha value is -1.68. The molecule has 0 amide bonds. The molecule has 2 heterocycles. The number of hydrogen-bond donors (Lipinski definition) is 5. The lowest BCUT2D eigenvalue weighted by Gasteiger charge is -2.17. The van der Waals surface area contributed by atoms with E-state index in [1.54, 1.807) is 0 Å². The summed E-state index contributed by atoms with van der Waals surface area (Å²) >= 11 is 0. The highest BCUT2D eigenvalue weighted by atomic mass is 16.6. The van der Waals surface area contributed by atoms with Gasteiger partial charge in [0.2, 0.25) is 0 Å². The van der Waals surface area contributed by atoms with Gasteiger partial charge in [0.25, 0.3) is 5.56 Å². The number of aromatic nitrogens is 2. The fourth-order valence-corrected chi connectivity index (χ4v) is 1.96. The number of nitrogens with zero attached hydrogens (tertiary/aromatic N) is 1. The normalized spacial score (nSPS) is 30.5. The van der Waals surface area contributed by atoms with Crippen LogP contribution >= 0.6 is 0 Å². The van der Waals surface area contributed by atoms with Crippen molar-refractivity contribution in [1.29, 1.82) is 0 Å². The molecule has 0 saturated carbocycles. The summed E-state index contributed by atoms with van der Waals surface area (Å²) in [5.41, 5.74) is -1.27. The minimum Gasteiger partial charge on any atom is -0.394 e. The average molecular weight is 273 g/mol. The standard InChI is InChI=1S/C10H15N3O6/c1-11-4-2-13(10(18)12-8(4)17)9-7(16)6(15)5(3-14)19-9/h2,5-7,9,11,14-16H,3H2,1H3,(H,12,17,18)/t5-,6-,7-,9-/m1/s1. The Labute approximate surface area is 107 Å². The molecule has 0 radical (unpaired) electrons. The van der Waals surface area contributed by atoms with E-state index in [0.717, 1.165) is 4.57 Å². The van der Waals surface area contributed by atoms with E-state index in [0.29, 0.717) is 0 Å². The van der Waals surface area contributed by atoms with Gasteiger partial charge in [-0.15, -0.1) is 0 Å². The van der Waals surface area contributed by atoms with Gasteiger partial charge in [-0.05, 0) is 0 Å². The lowest BCUT2D eigenvalue weighted by atomic mass is 10.1. The van der Waals surface area contributed by atoms with Crippen LogP contribution in [-0.2, 0) is 4.74 Å². The van der Waals surface area contributed by atoms with Gasteiger partial charge in [0.15, 0.2) is 6.23 Å². The summed E-state index contributed by atoms with van der Waals surface area (Å²) in [7, 11) is 1.50. The molecule has 2 rings (SSSR count). The van der Waals surface area contributed by atoms with E-state index in [9.17, 15) is 19.8 Å². The maximum atomic E-state index is 11.7. The lowest BCUT2D eigenvalue weighted by molar-refractivity contribution is -0.0549. The van der Waals surface area contributed by atoms with Crippen LogP contribution in [-0.4, -0.2) is 56.8 Å². The van der Waals surface area contributed by atoms with E-state index in [-0.39, 0.29) is 5.69 Å². The number of aliphatic hydroxyl groups is 3. The molecule has 9 nitrogen and oxygen atoms in total. The second-order valence-electron chi connectivity index (χ2n) is 4.19. The van der Waals surface area contributed by atoms with Crippen molar-refractivity contribution in [2.75, 3.05) is 19.0 Å². The van der Waals surface area contributed by atoms with Gasteiger partial charge in [-0.25, -0.2) is 4.79 Å². The molecule has 1 aromatic heterocycles. The number of hydrogen-bond acceptors (Lipinski definition) is 7. The molecule has 1 aliphatic heterocycles. The minimum atomic E-state index is -1.38. The Kier molecular flexibility index (Phi) is 3.71. The van der Waals surface area contributed by atoms with Crippen LogP contribution in [0.3, 0.4) is 0 Å². The molecule has 19 heavy (non-hydrogen) atoms. The zero-order chi connectivity index (χ0) is 14.2. The van der Waals surface area contributed by atoms with Gasteiger partial charge < -0.3 is 25.4 Å². The van der Waals surface area contributed by atoms with E-state index in [4.69, 9.17) is 9.84 Å². The van der Waals surface area contributed by atoms with E-state index in [1.807, 2.05) is 0 Å². The Morgan fingerprint density at radius 2 is 2.11 bits per heavy atom. The van der Waals surface area contributed by atoms with Crippen LogP contribution < -0.4 is 16.6 Å². The van der Waals surface area contributed by atoms with Gasteiger partial charge in [-0.2, -0.15) is 0 Å². The Balaban J connectivity index is 2.43. The molecular weight excluding hydrogens is 258 g/mol. The van der Waals surface area contributed by atoms with Gasteiger partial charge in [-0.1, -0.05) is 0 Å². The third kappa shape index (κ3) is 2.28. The Morgan fingerprint density at radius 1 is 1.42 bits per heavy atom. The quantitative estimate of drug-likeness (QED) is 0.401. The fraction of sp³-hybridized carbons (Fsp3) is 0.600. The first-order valence-electron chi connectivity index (χ1n) is 5.65. The van der Waals surface area contributed by atoms with Crippen molar-refractivity contribution < 1.29 is 20.1 Å². The number of ether oxygens (including phenoxy) is 1. The van der Waals surface area contributed by atoms with E-state index < -0.39 is 42.4 Å². The largest absolute Gasteiger partial charge is 0.394 e. The maximum Gasteiger partial charge on any atom is 0.330 e. The van der Waals surface area contributed by atoms with Crippen molar-refractivity contribution in [2.24, 2.45) is 0 Å². The van der Waals surface area contributed by atoms with Crippen LogP contribution in [0.4, 0.5) is 5.69 Å². The molecule has 106 valence electrons. The molecule has 1 saturated heterocycles. The van der Waals surface area contributed by atoms with E-state index in [1.165, 1.54) is 13.2 Å². The highest BCUT2D eigenvalue weighted by Crippen LogP contribution is 2.28. The van der Waals surface area contributed by atoms with Crippen LogP contribution in [0.15, 0.2) is 15.8 Å². The topological polar surface area (TPSA) is 137 Å². The predicted molar refractivity (Wildman–Crippen MR) is 63.9 cm³/mol. The first kappa shape index (κ1) is 13.7. The zero-order valence-electron chi connectivity index (χ0n) is 10.1. The highest BCUT2D eigenvalue weighted by Gasteiger charge is 2.43. The molecule has 1 aromatic rings. The summed E-state index contributed by atoms with van der Waals surface area (Å²) in [4.78, 5) is 25.1. The third-order valence-corrected chi connectivity index (χ3v) is 3.03. The molecule has 9 heteroatoms. The lowest BCUT2D eigenvalue weighted by Crippen LogP contribution is -2.38. The van der Waals surface area contributed by atoms with Crippen molar-refractivity contribution in [1.82, 2.24) is 9.55 Å². The highest BCUT2D eigenvalue weighted by molar-refractivity contribution is 5.36. The summed E-state index contributed by atoms with van der Waals surface area (Å²) in [6.07, 6.45) is -3.68. The van der Waals surface area contributed by atoms with Crippen LogP contribution in [0, 0.1) is 0 Å². The summed E-state index contributed by atoms with van der Waals surface area (Å²) in [5, 5.41) is 31.0. The van der Waals surface area contributed by atoms with E-state index >= 15 is 0 Å². The first-order chi connectivity index (χ1) is 8.99. The van der Waals surface area contributed by atoms with Crippen LogP contribution in [0.2, 0.25) is 0 Å². The Morgan fingerprint density at radius 3 is 2.63 bits per heavy atom. The second kappa shape index (κ2) is 5.13. The van der Waals surface area contributed by atoms with Gasteiger partial charge in [0.05, 0.1) is 6.61 Å². The molecule has 1 fully saturated rings. The van der Waals surface area contributed by atoms with Crippen molar-refractivity contribution in [3.63, 3.8) is 0 Å². The van der Waals surface area contributed by atoms with Crippen molar-refractivity contribution in [3.8, 4) is 0 Å². The average Bonchev–Trinajstić information content (AvgIpc) is 2.67. The molecule has 5 N–H and O–H groups in total. The molecule has 1 aliphatic rings. The molecule has 0 unspecified atom stereocenters. The second-order valence-corrected chi connectivity index (χ2v) is 4.19. The SMILES string of the molecule is CNc1cn([C@@H]2O[C@H](CO)[C@@H](O)[C@H]2O)c(=O)[nH]c1=O. The van der Waals surface area contributed by atoms with Crippen molar-refractivity contribution in [3.05, 3.63) is 27.0 Å². The van der Waals surface area contributed by atoms with Crippen LogP contribution in [0.25, 0.3) is 0 Å². The molecule has 0 aromatic carbocycles. The number of rotatable bonds is 3. The van der Waals surface area contributed by atoms with E-state index in [2.05, 4.69) is 10.3 Å². The maximum absolute atomic E-state index is 11.7. The first-order valence-corrected chi connectivity index (χ1v) is 5.65. The zero-order valence-corrected chi connectivity index (χ0v) is 10.1. The number of aromatic amines is 1. The summed E-state index contributed by atoms with van der Waals surface area (Å²) < 4.78 is 6.16. The molecule has 0 spiro atoms. The number of nitrogens with one attached hydrogen (secondary N) is 2. The summed E-state index contributed by atoms with van der Waals surface area (Å²) in [5.74, 6) is 0. The van der Waals surface area contributed by atoms with Gasteiger partial charge in [-0.3, -0.25) is 14.3 Å². The van der Waals surface area contributed by atoms with Gasteiger partial charge >= 0.3 is 5.69 Å². The number of H-pyrrole nitrogens is 1. The number of anilines is 1. The fourth-order valence-electron chi connectivity index (χ4n) is 1.96. The number of aliphatic hydroxyl groups excluding tert-OH is 3. The molecule has 0 bridgehead atoms. The van der Waals surface area contributed by atoms with Gasteiger partial charge in [0, 0.05) is 13.2 Å². The van der Waals surface area contributed by atoms with Crippen LogP contribution in [0.1, 0.15) is 6.23 Å².